The molecule has 0 spiro atoms. The van der Waals surface area contributed by atoms with Crippen LogP contribution in [0.3, 0.4) is 0 Å². The molecule has 2 N–H and O–H groups in total. The molecule has 100 valence electrons. The smallest absolute Gasteiger partial charge is 0.121 e. The largest absolute Gasteiger partial charge is 0.490 e. The number of ether oxygens (including phenoxy) is 1. The lowest BCUT2D eigenvalue weighted by Gasteiger charge is -2.24. The molecular weight excluding hydrogens is 240 g/mol. The predicted octanol–water partition coefficient (Wildman–Crippen LogP) is 2.47. The van der Waals surface area contributed by atoms with Crippen molar-refractivity contribution in [2.24, 2.45) is 0 Å². The summed E-state index contributed by atoms with van der Waals surface area (Å²) >= 11 is 0. The molecule has 0 saturated heterocycles. The molecule has 0 saturated carbocycles. The van der Waals surface area contributed by atoms with E-state index in [9.17, 15) is 5.11 Å². The van der Waals surface area contributed by atoms with Gasteiger partial charge in [-0.05, 0) is 30.2 Å². The first-order chi connectivity index (χ1) is 9.12. The fourth-order valence-corrected chi connectivity index (χ4v) is 1.84. The van der Waals surface area contributed by atoms with Crippen LogP contribution < -0.4 is 4.74 Å². The molecule has 2 aromatic carbocycles. The van der Waals surface area contributed by atoms with E-state index >= 15 is 0 Å². The summed E-state index contributed by atoms with van der Waals surface area (Å²) < 4.78 is 5.61. The zero-order valence-electron chi connectivity index (χ0n) is 10.9. The van der Waals surface area contributed by atoms with Gasteiger partial charge in [-0.3, -0.25) is 0 Å². The van der Waals surface area contributed by atoms with E-state index in [1.807, 2.05) is 42.5 Å². The van der Waals surface area contributed by atoms with Gasteiger partial charge in [-0.15, -0.1) is 0 Å². The highest BCUT2D eigenvalue weighted by Gasteiger charge is 2.23. The molecule has 0 amide bonds. The number of rotatable bonds is 5. The summed E-state index contributed by atoms with van der Waals surface area (Å²) in [6, 6.07) is 16.6. The Labute approximate surface area is 113 Å². The monoisotopic (exact) mass is 258 g/mol. The first-order valence-electron chi connectivity index (χ1n) is 6.22. The van der Waals surface area contributed by atoms with Crippen LogP contribution in [-0.2, 0) is 12.2 Å². The molecule has 0 heterocycles. The van der Waals surface area contributed by atoms with Gasteiger partial charge in [0, 0.05) is 0 Å². The third kappa shape index (κ3) is 3.56. The lowest BCUT2D eigenvalue weighted by atomic mass is 9.97. The maximum Gasteiger partial charge on any atom is 0.121 e. The van der Waals surface area contributed by atoms with Crippen molar-refractivity contribution in [3.05, 3.63) is 65.7 Å². The van der Waals surface area contributed by atoms with Crippen LogP contribution in [0, 0.1) is 0 Å². The Balaban J connectivity index is 2.05. The van der Waals surface area contributed by atoms with Crippen LogP contribution in [0.2, 0.25) is 0 Å². The molecule has 2 aromatic rings. The fourth-order valence-electron chi connectivity index (χ4n) is 1.84. The van der Waals surface area contributed by atoms with Crippen LogP contribution in [0.5, 0.6) is 5.75 Å². The number of aliphatic hydroxyl groups excluding tert-OH is 1. The highest BCUT2D eigenvalue weighted by Crippen LogP contribution is 2.22. The van der Waals surface area contributed by atoms with Gasteiger partial charge in [0.05, 0.1) is 6.61 Å². The molecule has 3 heteroatoms. The van der Waals surface area contributed by atoms with E-state index in [1.165, 1.54) is 0 Å². The molecule has 19 heavy (non-hydrogen) atoms. The van der Waals surface area contributed by atoms with E-state index in [0.29, 0.717) is 5.75 Å². The maximum absolute atomic E-state index is 10.4. The first kappa shape index (κ1) is 13.6. The van der Waals surface area contributed by atoms with Gasteiger partial charge in [-0.1, -0.05) is 42.5 Å². The minimum absolute atomic E-state index is 0.0215. The van der Waals surface area contributed by atoms with Gasteiger partial charge in [-0.25, -0.2) is 0 Å². The maximum atomic E-state index is 10.4. The normalized spacial score (nSPS) is 13.8. The van der Waals surface area contributed by atoms with E-state index in [2.05, 4.69) is 0 Å². The van der Waals surface area contributed by atoms with Crippen molar-refractivity contribution >= 4 is 0 Å². The van der Waals surface area contributed by atoms with E-state index in [4.69, 9.17) is 9.84 Å². The summed E-state index contributed by atoms with van der Waals surface area (Å²) in [5.41, 5.74) is 0.557. The third-order valence-electron chi connectivity index (χ3n) is 3.00. The van der Waals surface area contributed by atoms with Crippen LogP contribution in [0.4, 0.5) is 0 Å². The standard InChI is InChI=1S/C16H18O3/c1-16(18,14-7-3-2-4-8-14)12-19-15-9-5-6-13(10-15)11-17/h2-10,17-18H,11-12H2,1H3. The zero-order chi connectivity index (χ0) is 13.7. The van der Waals surface area contributed by atoms with Gasteiger partial charge in [0.1, 0.15) is 18.0 Å². The van der Waals surface area contributed by atoms with E-state index < -0.39 is 5.60 Å². The van der Waals surface area contributed by atoms with Crippen LogP contribution in [0.15, 0.2) is 54.6 Å². The van der Waals surface area contributed by atoms with Gasteiger partial charge in [0.25, 0.3) is 0 Å². The number of aliphatic hydroxyl groups is 2. The van der Waals surface area contributed by atoms with Gasteiger partial charge >= 0.3 is 0 Å². The van der Waals surface area contributed by atoms with E-state index in [1.54, 1.807) is 19.1 Å². The van der Waals surface area contributed by atoms with Crippen molar-refractivity contribution < 1.29 is 14.9 Å². The van der Waals surface area contributed by atoms with Crippen molar-refractivity contribution in [3.8, 4) is 5.75 Å². The number of benzene rings is 2. The topological polar surface area (TPSA) is 49.7 Å². The molecular formula is C16H18O3. The highest BCUT2D eigenvalue weighted by atomic mass is 16.5. The van der Waals surface area contributed by atoms with Crippen LogP contribution >= 0.6 is 0 Å². The summed E-state index contributed by atoms with van der Waals surface area (Å²) in [7, 11) is 0. The second-order valence-corrected chi connectivity index (χ2v) is 4.73. The predicted molar refractivity (Wildman–Crippen MR) is 73.9 cm³/mol. The summed E-state index contributed by atoms with van der Waals surface area (Å²) in [4.78, 5) is 0. The third-order valence-corrected chi connectivity index (χ3v) is 3.00. The minimum Gasteiger partial charge on any atom is -0.490 e. The average Bonchev–Trinajstić information content (AvgIpc) is 2.46. The van der Waals surface area contributed by atoms with Crippen molar-refractivity contribution in [3.63, 3.8) is 0 Å². The average molecular weight is 258 g/mol. The molecule has 1 unspecified atom stereocenters. The Kier molecular flexibility index (Phi) is 4.20. The molecule has 0 fully saturated rings. The van der Waals surface area contributed by atoms with Gasteiger partial charge in [0.2, 0.25) is 0 Å². The van der Waals surface area contributed by atoms with Crippen molar-refractivity contribution in [1.82, 2.24) is 0 Å². The SMILES string of the molecule is CC(O)(COc1cccc(CO)c1)c1ccccc1. The van der Waals surface area contributed by atoms with E-state index in [0.717, 1.165) is 11.1 Å². The molecule has 0 aliphatic heterocycles. The van der Waals surface area contributed by atoms with Crippen LogP contribution in [0.25, 0.3) is 0 Å². The molecule has 0 aliphatic rings. The summed E-state index contributed by atoms with van der Waals surface area (Å²) in [5.74, 6) is 0.641. The van der Waals surface area contributed by atoms with Crippen LogP contribution in [-0.4, -0.2) is 16.8 Å². The van der Waals surface area contributed by atoms with Gasteiger partial charge in [-0.2, -0.15) is 0 Å². The summed E-state index contributed by atoms with van der Waals surface area (Å²) in [6.07, 6.45) is 0. The van der Waals surface area contributed by atoms with Crippen molar-refractivity contribution in [2.45, 2.75) is 19.1 Å². The molecule has 0 aliphatic carbocycles. The van der Waals surface area contributed by atoms with Crippen molar-refractivity contribution in [1.29, 1.82) is 0 Å². The minimum atomic E-state index is -1.05. The van der Waals surface area contributed by atoms with E-state index in [-0.39, 0.29) is 13.2 Å². The summed E-state index contributed by atoms with van der Waals surface area (Å²) in [6.45, 7) is 1.86. The Morgan fingerprint density at radius 2 is 1.79 bits per heavy atom. The number of hydrogen-bond donors (Lipinski definition) is 2. The molecule has 0 aromatic heterocycles. The second-order valence-electron chi connectivity index (χ2n) is 4.73. The molecule has 0 bridgehead atoms. The lowest BCUT2D eigenvalue weighted by molar-refractivity contribution is 0.00755. The molecule has 2 rings (SSSR count). The molecule has 1 atom stereocenters. The zero-order valence-corrected chi connectivity index (χ0v) is 10.9. The Morgan fingerprint density at radius 3 is 2.47 bits per heavy atom. The Bertz CT molecular complexity index is 521. The van der Waals surface area contributed by atoms with Gasteiger partial charge in [0.15, 0.2) is 0 Å². The first-order valence-corrected chi connectivity index (χ1v) is 6.22. The fraction of sp³-hybridized carbons (Fsp3) is 0.250. The van der Waals surface area contributed by atoms with Crippen LogP contribution in [0.1, 0.15) is 18.1 Å². The summed E-state index contributed by atoms with van der Waals surface area (Å²) in [5, 5.41) is 19.5. The van der Waals surface area contributed by atoms with Crippen molar-refractivity contribution in [2.75, 3.05) is 6.61 Å². The highest BCUT2D eigenvalue weighted by molar-refractivity contribution is 5.28. The molecule has 3 nitrogen and oxygen atoms in total. The lowest BCUT2D eigenvalue weighted by Crippen LogP contribution is -2.29. The Hall–Kier alpha value is -1.84. The Morgan fingerprint density at radius 1 is 1.05 bits per heavy atom. The quantitative estimate of drug-likeness (QED) is 0.866. The second kappa shape index (κ2) is 5.87. The molecule has 0 radical (unpaired) electrons. The number of hydrogen-bond acceptors (Lipinski definition) is 3. The van der Waals surface area contributed by atoms with Gasteiger partial charge < -0.3 is 14.9 Å².